The van der Waals surface area contributed by atoms with Gasteiger partial charge in [-0.3, -0.25) is 9.78 Å². The number of aromatic nitrogens is 1. The van der Waals surface area contributed by atoms with Gasteiger partial charge in [-0.1, -0.05) is 18.2 Å². The average molecular weight is 361 g/mol. The second-order valence-electron chi connectivity index (χ2n) is 6.51. The lowest BCUT2D eigenvalue weighted by Crippen LogP contribution is -2.18. The van der Waals surface area contributed by atoms with Crippen molar-refractivity contribution < 1.29 is 14.6 Å². The van der Waals surface area contributed by atoms with Gasteiger partial charge in [-0.2, -0.15) is 5.10 Å². The standard InChI is InChI=1S/C21H19N3O3/c1-27-15-8-9-20(25)14(10-15)12-22-24-21(26)17-11-19(13-6-7-13)23-18-5-3-2-4-16(17)18/h2-5,8-13,25H,6-7H2,1H3,(H,24,26). The molecule has 136 valence electrons. The lowest BCUT2D eigenvalue weighted by molar-refractivity contribution is 0.0956. The molecule has 1 heterocycles. The molecule has 1 aliphatic rings. The number of phenolic OH excluding ortho intramolecular Hbond substituents is 1. The van der Waals surface area contributed by atoms with Crippen molar-refractivity contribution in [2.75, 3.05) is 7.11 Å². The summed E-state index contributed by atoms with van der Waals surface area (Å²) in [5.41, 5.74) is 5.30. The molecular formula is C21H19N3O3. The average Bonchev–Trinajstić information content (AvgIpc) is 3.54. The number of aromatic hydroxyl groups is 1. The van der Waals surface area contributed by atoms with E-state index < -0.39 is 0 Å². The van der Waals surface area contributed by atoms with Crippen LogP contribution in [-0.2, 0) is 0 Å². The maximum Gasteiger partial charge on any atom is 0.272 e. The van der Waals surface area contributed by atoms with Gasteiger partial charge in [0.2, 0.25) is 0 Å². The number of nitrogens with one attached hydrogen (secondary N) is 1. The van der Waals surface area contributed by atoms with Gasteiger partial charge in [-0.05, 0) is 43.2 Å². The van der Waals surface area contributed by atoms with Crippen LogP contribution in [0.4, 0.5) is 0 Å². The number of para-hydroxylation sites is 1. The summed E-state index contributed by atoms with van der Waals surface area (Å²) in [5.74, 6) is 0.779. The van der Waals surface area contributed by atoms with Gasteiger partial charge < -0.3 is 9.84 Å². The minimum atomic E-state index is -0.311. The van der Waals surface area contributed by atoms with Crippen LogP contribution >= 0.6 is 0 Å². The fraction of sp³-hybridized carbons (Fsp3) is 0.190. The Labute approximate surface area is 156 Å². The number of phenols is 1. The molecule has 27 heavy (non-hydrogen) atoms. The highest BCUT2D eigenvalue weighted by Crippen LogP contribution is 2.40. The van der Waals surface area contributed by atoms with E-state index in [1.807, 2.05) is 30.3 Å². The Hall–Kier alpha value is -3.41. The van der Waals surface area contributed by atoms with Gasteiger partial charge in [-0.25, -0.2) is 5.43 Å². The fourth-order valence-electron chi connectivity index (χ4n) is 2.96. The van der Waals surface area contributed by atoms with Gasteiger partial charge in [0.15, 0.2) is 0 Å². The molecule has 1 fully saturated rings. The zero-order valence-electron chi connectivity index (χ0n) is 14.8. The number of hydrazone groups is 1. The number of hydrogen-bond donors (Lipinski definition) is 2. The normalized spacial score (nSPS) is 13.8. The van der Waals surface area contributed by atoms with Crippen LogP contribution in [0, 0.1) is 0 Å². The van der Waals surface area contributed by atoms with E-state index in [1.54, 1.807) is 19.2 Å². The quantitative estimate of drug-likeness (QED) is 0.537. The van der Waals surface area contributed by atoms with Gasteiger partial charge in [0.1, 0.15) is 11.5 Å². The summed E-state index contributed by atoms with van der Waals surface area (Å²) in [6.45, 7) is 0. The van der Waals surface area contributed by atoms with Gasteiger partial charge in [0.05, 0.1) is 24.4 Å². The Kier molecular flexibility index (Phi) is 4.46. The third kappa shape index (κ3) is 3.60. The van der Waals surface area contributed by atoms with Gasteiger partial charge in [0, 0.05) is 22.6 Å². The fourth-order valence-corrected chi connectivity index (χ4v) is 2.96. The highest BCUT2D eigenvalue weighted by Gasteiger charge is 2.26. The van der Waals surface area contributed by atoms with E-state index in [1.165, 1.54) is 12.3 Å². The minimum absolute atomic E-state index is 0.0548. The molecule has 4 rings (SSSR count). The number of amides is 1. The van der Waals surface area contributed by atoms with Crippen LogP contribution in [-0.4, -0.2) is 29.3 Å². The lowest BCUT2D eigenvalue weighted by atomic mass is 10.1. The predicted molar refractivity (Wildman–Crippen MR) is 103 cm³/mol. The van der Waals surface area contributed by atoms with Crippen LogP contribution in [0.3, 0.4) is 0 Å². The Balaban J connectivity index is 1.60. The number of methoxy groups -OCH3 is 1. The molecule has 3 aromatic rings. The zero-order valence-corrected chi connectivity index (χ0v) is 14.8. The van der Waals surface area contributed by atoms with Crippen LogP contribution in [0.15, 0.2) is 53.6 Å². The van der Waals surface area contributed by atoms with Crippen molar-refractivity contribution in [3.8, 4) is 11.5 Å². The van der Waals surface area contributed by atoms with Crippen molar-refractivity contribution >= 4 is 23.0 Å². The zero-order chi connectivity index (χ0) is 18.8. The van der Waals surface area contributed by atoms with E-state index in [0.717, 1.165) is 29.4 Å². The third-order valence-corrected chi connectivity index (χ3v) is 4.58. The van der Waals surface area contributed by atoms with Crippen LogP contribution < -0.4 is 10.2 Å². The number of ether oxygens (including phenoxy) is 1. The molecule has 0 radical (unpaired) electrons. The second-order valence-corrected chi connectivity index (χ2v) is 6.51. The van der Waals surface area contributed by atoms with Crippen molar-refractivity contribution in [2.24, 2.45) is 5.10 Å². The first-order chi connectivity index (χ1) is 13.2. The largest absolute Gasteiger partial charge is 0.507 e. The molecule has 0 unspecified atom stereocenters. The second kappa shape index (κ2) is 7.07. The number of benzene rings is 2. The number of carbonyl (C=O) groups excluding carboxylic acids is 1. The number of hydrogen-bond acceptors (Lipinski definition) is 5. The molecule has 0 bridgehead atoms. The molecule has 1 aliphatic carbocycles. The van der Waals surface area contributed by atoms with Crippen LogP contribution in [0.1, 0.15) is 40.4 Å². The van der Waals surface area contributed by atoms with Crippen molar-refractivity contribution in [2.45, 2.75) is 18.8 Å². The summed E-state index contributed by atoms with van der Waals surface area (Å²) in [6.07, 6.45) is 3.61. The molecule has 0 atom stereocenters. The number of carbonyl (C=O) groups is 1. The Morgan fingerprint density at radius 2 is 2.07 bits per heavy atom. The van der Waals surface area contributed by atoms with E-state index in [-0.39, 0.29) is 11.7 Å². The van der Waals surface area contributed by atoms with E-state index in [0.29, 0.717) is 22.8 Å². The van der Waals surface area contributed by atoms with Crippen molar-refractivity contribution in [3.63, 3.8) is 0 Å². The van der Waals surface area contributed by atoms with Gasteiger partial charge >= 0.3 is 0 Å². The Bertz CT molecular complexity index is 1040. The highest BCUT2D eigenvalue weighted by atomic mass is 16.5. The van der Waals surface area contributed by atoms with Gasteiger partial charge in [-0.15, -0.1) is 0 Å². The van der Waals surface area contributed by atoms with Crippen molar-refractivity contribution in [1.29, 1.82) is 0 Å². The van der Waals surface area contributed by atoms with Crippen molar-refractivity contribution in [3.05, 3.63) is 65.4 Å². The summed E-state index contributed by atoms with van der Waals surface area (Å²) in [5, 5.41) is 14.7. The summed E-state index contributed by atoms with van der Waals surface area (Å²) in [7, 11) is 1.54. The summed E-state index contributed by atoms with van der Waals surface area (Å²) < 4.78 is 5.13. The highest BCUT2D eigenvalue weighted by molar-refractivity contribution is 6.06. The molecule has 2 N–H and O–H groups in total. The lowest BCUT2D eigenvalue weighted by Gasteiger charge is -2.08. The molecule has 1 amide bonds. The topological polar surface area (TPSA) is 83.8 Å². The monoisotopic (exact) mass is 361 g/mol. The maximum absolute atomic E-state index is 12.7. The van der Waals surface area contributed by atoms with Crippen LogP contribution in [0.2, 0.25) is 0 Å². The summed E-state index contributed by atoms with van der Waals surface area (Å²) >= 11 is 0. The molecular weight excluding hydrogens is 342 g/mol. The third-order valence-electron chi connectivity index (χ3n) is 4.58. The van der Waals surface area contributed by atoms with Gasteiger partial charge in [0.25, 0.3) is 5.91 Å². The first-order valence-electron chi connectivity index (χ1n) is 8.76. The maximum atomic E-state index is 12.7. The molecule has 0 spiro atoms. The number of nitrogens with zero attached hydrogens (tertiary/aromatic N) is 2. The molecule has 1 saturated carbocycles. The molecule has 6 nitrogen and oxygen atoms in total. The smallest absolute Gasteiger partial charge is 0.272 e. The molecule has 2 aromatic carbocycles. The van der Waals surface area contributed by atoms with E-state index in [2.05, 4.69) is 15.5 Å². The first kappa shape index (κ1) is 17.0. The summed E-state index contributed by atoms with van der Waals surface area (Å²) in [4.78, 5) is 17.4. The van der Waals surface area contributed by atoms with E-state index in [4.69, 9.17) is 4.74 Å². The first-order valence-corrected chi connectivity index (χ1v) is 8.76. The minimum Gasteiger partial charge on any atom is -0.507 e. The molecule has 1 aromatic heterocycles. The molecule has 0 aliphatic heterocycles. The number of fused-ring (bicyclic) bond motifs is 1. The SMILES string of the molecule is COc1ccc(O)c(C=NNC(=O)c2cc(C3CC3)nc3ccccc23)c1. The number of rotatable bonds is 5. The van der Waals surface area contributed by atoms with E-state index >= 15 is 0 Å². The van der Waals surface area contributed by atoms with E-state index in [9.17, 15) is 9.90 Å². The molecule has 6 heteroatoms. The Morgan fingerprint density at radius 1 is 1.26 bits per heavy atom. The predicted octanol–water partition coefficient (Wildman–Crippen LogP) is 3.59. The number of pyridine rings is 1. The summed E-state index contributed by atoms with van der Waals surface area (Å²) in [6, 6.07) is 14.2. The Morgan fingerprint density at radius 3 is 2.85 bits per heavy atom. The van der Waals surface area contributed by atoms with Crippen LogP contribution in [0.5, 0.6) is 11.5 Å². The van der Waals surface area contributed by atoms with Crippen molar-refractivity contribution in [1.82, 2.24) is 10.4 Å². The molecule has 0 saturated heterocycles. The van der Waals surface area contributed by atoms with Crippen LogP contribution in [0.25, 0.3) is 10.9 Å².